The summed E-state index contributed by atoms with van der Waals surface area (Å²) < 4.78 is 1.21. The van der Waals surface area contributed by atoms with E-state index in [4.69, 9.17) is 16.6 Å². The first-order valence-electron chi connectivity index (χ1n) is 8.98. The maximum absolute atomic E-state index is 10.6. The number of thiophene rings is 1. The lowest BCUT2D eigenvalue weighted by molar-refractivity contribution is 0.467. The second-order valence-corrected chi connectivity index (χ2v) is 8.36. The summed E-state index contributed by atoms with van der Waals surface area (Å²) in [5.41, 5.74) is 5.76. The number of hydrogen-bond donors (Lipinski definition) is 1. The maximum atomic E-state index is 10.6. The van der Waals surface area contributed by atoms with E-state index in [2.05, 4.69) is 23.6 Å². The van der Waals surface area contributed by atoms with E-state index in [9.17, 15) is 5.11 Å². The molecular weight excluding hydrogens is 362 g/mol. The fourth-order valence-electron chi connectivity index (χ4n) is 4.00. The van der Waals surface area contributed by atoms with Crippen LogP contribution in [0.1, 0.15) is 35.2 Å². The molecule has 2 heterocycles. The van der Waals surface area contributed by atoms with Crippen molar-refractivity contribution in [1.82, 2.24) is 4.98 Å². The Morgan fingerprint density at radius 3 is 2.88 bits per heavy atom. The first-order valence-corrected chi connectivity index (χ1v) is 10.2. The summed E-state index contributed by atoms with van der Waals surface area (Å²) in [6.07, 6.45) is 5.31. The molecule has 2 nitrogen and oxygen atoms in total. The minimum atomic E-state index is 0.273. The number of fused-ring (bicyclic) bond motifs is 4. The maximum Gasteiger partial charge on any atom is 0.138 e. The van der Waals surface area contributed by atoms with Crippen LogP contribution in [0.15, 0.2) is 41.8 Å². The van der Waals surface area contributed by atoms with Crippen LogP contribution in [0, 0.1) is 0 Å². The average molecular weight is 380 g/mol. The summed E-state index contributed by atoms with van der Waals surface area (Å²) in [5, 5.41) is 15.6. The highest BCUT2D eigenvalue weighted by Gasteiger charge is 2.16. The van der Waals surface area contributed by atoms with Gasteiger partial charge in [-0.2, -0.15) is 0 Å². The average Bonchev–Trinajstić information content (AvgIpc) is 3.04. The van der Waals surface area contributed by atoms with E-state index in [0.717, 1.165) is 39.8 Å². The van der Waals surface area contributed by atoms with Gasteiger partial charge in [-0.1, -0.05) is 23.7 Å². The molecule has 0 unspecified atom stereocenters. The first-order chi connectivity index (χ1) is 12.7. The van der Waals surface area contributed by atoms with Crippen LogP contribution in [0.25, 0.3) is 21.0 Å². The molecular formula is C22H18ClNOS. The monoisotopic (exact) mass is 379 g/mol. The fraction of sp³-hybridized carbons (Fsp3) is 0.227. The van der Waals surface area contributed by atoms with Gasteiger partial charge in [0.1, 0.15) is 5.75 Å². The van der Waals surface area contributed by atoms with Gasteiger partial charge in [-0.25, -0.2) is 4.98 Å². The Labute approximate surface area is 161 Å². The molecule has 0 saturated carbocycles. The van der Waals surface area contributed by atoms with Crippen molar-refractivity contribution < 1.29 is 5.11 Å². The molecule has 0 saturated heterocycles. The van der Waals surface area contributed by atoms with Crippen molar-refractivity contribution in [2.24, 2.45) is 0 Å². The number of nitrogens with zero attached hydrogens (tertiary/aromatic N) is 1. The fourth-order valence-corrected chi connectivity index (χ4v) is 5.11. The molecule has 4 heteroatoms. The highest BCUT2D eigenvalue weighted by Crippen LogP contribution is 2.34. The molecule has 0 aliphatic heterocycles. The first kappa shape index (κ1) is 16.1. The van der Waals surface area contributed by atoms with Crippen molar-refractivity contribution in [2.75, 3.05) is 0 Å². The Hall–Kier alpha value is -2.10. The minimum absolute atomic E-state index is 0.273. The summed E-state index contributed by atoms with van der Waals surface area (Å²) >= 11 is 7.89. The molecule has 26 heavy (non-hydrogen) atoms. The summed E-state index contributed by atoms with van der Waals surface area (Å²) in [5.74, 6) is 0.273. The van der Waals surface area contributed by atoms with Crippen LogP contribution in [0.5, 0.6) is 5.75 Å². The zero-order chi connectivity index (χ0) is 17.7. The number of pyridine rings is 1. The second-order valence-electron chi connectivity index (χ2n) is 7.01. The Kier molecular flexibility index (Phi) is 3.87. The number of aromatic nitrogens is 1. The van der Waals surface area contributed by atoms with Crippen molar-refractivity contribution in [1.29, 1.82) is 0 Å². The number of hydrogen-bond acceptors (Lipinski definition) is 3. The van der Waals surface area contributed by atoms with E-state index in [0.29, 0.717) is 6.42 Å². The van der Waals surface area contributed by atoms with E-state index < -0.39 is 0 Å². The third kappa shape index (κ3) is 2.67. The van der Waals surface area contributed by atoms with Gasteiger partial charge in [-0.3, -0.25) is 0 Å². The standard InChI is InChI=1S/C22H18ClNOS/c23-16-7-8-21-18(11-16)15(12-26-21)9-19-20(25)10-14-6-5-13-3-1-2-4-17(13)22(14)24-19/h5-8,10-12,25H,1-4,9H2. The Balaban J connectivity index is 1.64. The lowest BCUT2D eigenvalue weighted by Crippen LogP contribution is -2.05. The third-order valence-electron chi connectivity index (χ3n) is 5.34. The van der Waals surface area contributed by atoms with Gasteiger partial charge < -0.3 is 5.11 Å². The summed E-state index contributed by atoms with van der Waals surface area (Å²) in [6.45, 7) is 0. The van der Waals surface area contributed by atoms with Crippen LogP contribution >= 0.6 is 22.9 Å². The van der Waals surface area contributed by atoms with Crippen LogP contribution in [-0.2, 0) is 19.3 Å². The van der Waals surface area contributed by atoms with Crippen LogP contribution in [-0.4, -0.2) is 10.1 Å². The van der Waals surface area contributed by atoms with Gasteiger partial charge in [0.05, 0.1) is 11.2 Å². The molecule has 0 atom stereocenters. The second kappa shape index (κ2) is 6.26. The molecule has 2 aromatic heterocycles. The van der Waals surface area contributed by atoms with Crippen molar-refractivity contribution in [3.63, 3.8) is 0 Å². The van der Waals surface area contributed by atoms with E-state index in [1.165, 1.54) is 34.2 Å². The van der Waals surface area contributed by atoms with Crippen LogP contribution < -0.4 is 0 Å². The zero-order valence-electron chi connectivity index (χ0n) is 14.3. The molecule has 0 fully saturated rings. The smallest absolute Gasteiger partial charge is 0.138 e. The molecule has 0 amide bonds. The molecule has 4 aromatic rings. The number of aromatic hydroxyl groups is 1. The van der Waals surface area contributed by atoms with E-state index >= 15 is 0 Å². The van der Waals surface area contributed by atoms with Gasteiger partial charge in [0.25, 0.3) is 0 Å². The lowest BCUT2D eigenvalue weighted by atomic mass is 9.89. The minimum Gasteiger partial charge on any atom is -0.506 e. The molecule has 1 N–H and O–H groups in total. The number of halogens is 1. The van der Waals surface area contributed by atoms with Gasteiger partial charge in [0.15, 0.2) is 0 Å². The number of benzene rings is 2. The molecule has 1 aliphatic rings. The van der Waals surface area contributed by atoms with Gasteiger partial charge in [0.2, 0.25) is 0 Å². The number of rotatable bonds is 2. The lowest BCUT2D eigenvalue weighted by Gasteiger charge is -2.18. The molecule has 0 spiro atoms. The Bertz CT molecular complexity index is 1150. The SMILES string of the molecule is Oc1cc2ccc3c(c2nc1Cc1csc2ccc(Cl)cc12)CCCC3. The van der Waals surface area contributed by atoms with Crippen molar-refractivity contribution in [2.45, 2.75) is 32.1 Å². The molecule has 2 aromatic carbocycles. The predicted molar refractivity (Wildman–Crippen MR) is 110 cm³/mol. The third-order valence-corrected chi connectivity index (χ3v) is 6.59. The topological polar surface area (TPSA) is 33.1 Å². The van der Waals surface area contributed by atoms with Crippen molar-refractivity contribution >= 4 is 43.9 Å². The normalized spacial score (nSPS) is 14.0. The Morgan fingerprint density at radius 1 is 1.08 bits per heavy atom. The zero-order valence-corrected chi connectivity index (χ0v) is 15.8. The molecule has 5 rings (SSSR count). The van der Waals surface area contributed by atoms with E-state index in [1.54, 1.807) is 11.3 Å². The van der Waals surface area contributed by atoms with E-state index in [-0.39, 0.29) is 5.75 Å². The highest BCUT2D eigenvalue weighted by molar-refractivity contribution is 7.17. The van der Waals surface area contributed by atoms with Crippen LogP contribution in [0.2, 0.25) is 5.02 Å². The summed E-state index contributed by atoms with van der Waals surface area (Å²) in [4.78, 5) is 4.91. The highest BCUT2D eigenvalue weighted by atomic mass is 35.5. The summed E-state index contributed by atoms with van der Waals surface area (Å²) in [6, 6.07) is 12.1. The predicted octanol–water partition coefficient (Wildman–Crippen LogP) is 6.28. The van der Waals surface area contributed by atoms with Gasteiger partial charge >= 0.3 is 0 Å². The molecule has 1 aliphatic carbocycles. The van der Waals surface area contributed by atoms with Gasteiger partial charge in [0, 0.05) is 21.5 Å². The molecule has 0 bridgehead atoms. The van der Waals surface area contributed by atoms with Crippen molar-refractivity contribution in [3.8, 4) is 5.75 Å². The van der Waals surface area contributed by atoms with Crippen LogP contribution in [0.3, 0.4) is 0 Å². The Morgan fingerprint density at radius 2 is 1.96 bits per heavy atom. The van der Waals surface area contributed by atoms with E-state index in [1.807, 2.05) is 18.2 Å². The molecule has 130 valence electrons. The van der Waals surface area contributed by atoms with Crippen molar-refractivity contribution in [3.05, 3.63) is 69.2 Å². The summed E-state index contributed by atoms with van der Waals surface area (Å²) in [7, 11) is 0. The number of aryl methyl sites for hydroxylation is 2. The molecule has 0 radical (unpaired) electrons. The van der Waals surface area contributed by atoms with Gasteiger partial charge in [-0.05, 0) is 77.4 Å². The largest absolute Gasteiger partial charge is 0.506 e. The quantitative estimate of drug-likeness (QED) is 0.444. The van der Waals surface area contributed by atoms with Gasteiger partial charge in [-0.15, -0.1) is 11.3 Å². The van der Waals surface area contributed by atoms with Crippen LogP contribution in [0.4, 0.5) is 0 Å².